The van der Waals surface area contributed by atoms with Crippen LogP contribution in [0.25, 0.3) is 0 Å². The molecule has 0 spiro atoms. The van der Waals surface area contributed by atoms with E-state index in [1.54, 1.807) is 18.3 Å². The van der Waals surface area contributed by atoms with Crippen molar-refractivity contribution in [1.29, 1.82) is 0 Å². The number of amides is 1. The molecule has 1 fully saturated rings. The molecule has 116 valence electrons. The second-order valence-corrected chi connectivity index (χ2v) is 7.08. The maximum Gasteiger partial charge on any atom is 0.267 e. The number of primary amides is 1. The summed E-state index contributed by atoms with van der Waals surface area (Å²) in [5, 5.41) is 0. The Bertz CT molecular complexity index is 505. The molecule has 0 unspecified atom stereocenters. The van der Waals surface area contributed by atoms with Crippen molar-refractivity contribution in [1.82, 2.24) is 9.88 Å². The van der Waals surface area contributed by atoms with E-state index in [0.717, 1.165) is 12.8 Å². The van der Waals surface area contributed by atoms with Gasteiger partial charge in [0.15, 0.2) is 0 Å². The lowest BCUT2D eigenvalue weighted by molar-refractivity contribution is -0.0557. The van der Waals surface area contributed by atoms with Gasteiger partial charge in [0.05, 0.1) is 6.20 Å². The first kappa shape index (κ1) is 15.8. The quantitative estimate of drug-likeness (QED) is 0.927. The minimum absolute atomic E-state index is 0.0764. The number of piperidine rings is 1. The summed E-state index contributed by atoms with van der Waals surface area (Å²) in [5.74, 6) is 0.157. The van der Waals surface area contributed by atoms with E-state index in [0.29, 0.717) is 5.75 Å². The molecule has 1 aliphatic heterocycles. The number of hydrogen-bond acceptors (Lipinski definition) is 4. The molecular formula is C16H25N3O2. The predicted octanol–water partition coefficient (Wildman–Crippen LogP) is 2.21. The van der Waals surface area contributed by atoms with Crippen molar-refractivity contribution < 1.29 is 9.53 Å². The van der Waals surface area contributed by atoms with E-state index < -0.39 is 5.91 Å². The van der Waals surface area contributed by atoms with Gasteiger partial charge in [-0.15, -0.1) is 0 Å². The Morgan fingerprint density at radius 1 is 1.29 bits per heavy atom. The lowest BCUT2D eigenvalue weighted by Gasteiger charge is -2.53. The third kappa shape index (κ3) is 3.35. The zero-order valence-electron chi connectivity index (χ0n) is 13.5. The molecular weight excluding hydrogens is 266 g/mol. The number of carbonyl (C=O) groups is 1. The van der Waals surface area contributed by atoms with Gasteiger partial charge in [0.25, 0.3) is 5.91 Å². The van der Waals surface area contributed by atoms with E-state index >= 15 is 0 Å². The van der Waals surface area contributed by atoms with Crippen molar-refractivity contribution in [3.8, 4) is 5.75 Å². The first-order valence-corrected chi connectivity index (χ1v) is 7.28. The number of nitrogens with zero attached hydrogens (tertiary/aromatic N) is 2. The molecule has 0 aromatic carbocycles. The van der Waals surface area contributed by atoms with E-state index in [1.165, 1.54) is 0 Å². The molecule has 1 amide bonds. The molecule has 0 aliphatic carbocycles. The normalized spacial score (nSPS) is 22.0. The van der Waals surface area contributed by atoms with Gasteiger partial charge in [0.1, 0.15) is 17.5 Å². The van der Waals surface area contributed by atoms with Gasteiger partial charge in [-0.05, 0) is 46.9 Å². The summed E-state index contributed by atoms with van der Waals surface area (Å²) >= 11 is 0. The van der Waals surface area contributed by atoms with Crippen LogP contribution in [-0.4, -0.2) is 40.0 Å². The highest BCUT2D eigenvalue weighted by Crippen LogP contribution is 2.38. The van der Waals surface area contributed by atoms with Gasteiger partial charge >= 0.3 is 0 Å². The number of nitrogens with two attached hydrogens (primary N) is 1. The molecule has 1 aromatic rings. The standard InChI is InChI=1S/C16H25N3O2/c1-15(2)8-12(9-16(3,4)19(15)5)21-11-6-7-13(14(17)20)18-10-11/h6-7,10,12H,8-9H2,1-5H3,(H2,17,20). The second kappa shape index (κ2) is 5.30. The van der Waals surface area contributed by atoms with Crippen molar-refractivity contribution in [3.05, 3.63) is 24.0 Å². The molecule has 1 saturated heterocycles. The minimum atomic E-state index is -0.525. The Morgan fingerprint density at radius 2 is 1.86 bits per heavy atom. The number of ether oxygens (including phenoxy) is 1. The van der Waals surface area contributed by atoms with Crippen LogP contribution in [0, 0.1) is 0 Å². The van der Waals surface area contributed by atoms with Gasteiger partial charge in [-0.3, -0.25) is 9.69 Å². The van der Waals surface area contributed by atoms with E-state index in [4.69, 9.17) is 10.5 Å². The summed E-state index contributed by atoms with van der Waals surface area (Å²) in [6, 6.07) is 3.36. The van der Waals surface area contributed by atoms with Gasteiger partial charge in [-0.1, -0.05) is 0 Å². The second-order valence-electron chi connectivity index (χ2n) is 7.08. The molecule has 1 aliphatic rings. The zero-order chi connectivity index (χ0) is 15.8. The first-order valence-electron chi connectivity index (χ1n) is 7.28. The molecule has 2 N–H and O–H groups in total. The van der Waals surface area contributed by atoms with E-state index in [2.05, 4.69) is 44.6 Å². The summed E-state index contributed by atoms with van der Waals surface area (Å²) in [4.78, 5) is 17.5. The Morgan fingerprint density at radius 3 is 2.29 bits per heavy atom. The van der Waals surface area contributed by atoms with Crippen molar-refractivity contribution >= 4 is 5.91 Å². The van der Waals surface area contributed by atoms with Gasteiger partial charge in [-0.25, -0.2) is 4.98 Å². The fraction of sp³-hybridized carbons (Fsp3) is 0.625. The highest BCUT2D eigenvalue weighted by atomic mass is 16.5. The van der Waals surface area contributed by atoms with E-state index in [1.807, 2.05) is 0 Å². The average Bonchev–Trinajstić information content (AvgIpc) is 2.36. The highest BCUT2D eigenvalue weighted by Gasteiger charge is 2.43. The van der Waals surface area contributed by atoms with Crippen LogP contribution in [0.4, 0.5) is 0 Å². The Kier molecular flexibility index (Phi) is 3.97. The molecule has 5 heteroatoms. The molecule has 0 atom stereocenters. The van der Waals surface area contributed by atoms with Gasteiger partial charge < -0.3 is 10.5 Å². The average molecular weight is 291 g/mol. The molecule has 0 bridgehead atoms. The maximum absolute atomic E-state index is 11.0. The van der Waals surface area contributed by atoms with Crippen LogP contribution in [0.5, 0.6) is 5.75 Å². The van der Waals surface area contributed by atoms with Crippen molar-refractivity contribution in [2.45, 2.75) is 57.7 Å². The third-order valence-electron chi connectivity index (χ3n) is 4.56. The van der Waals surface area contributed by atoms with E-state index in [9.17, 15) is 4.79 Å². The Balaban J connectivity index is 2.11. The topological polar surface area (TPSA) is 68.5 Å². The van der Waals surface area contributed by atoms with Gasteiger partial charge in [-0.2, -0.15) is 0 Å². The molecule has 5 nitrogen and oxygen atoms in total. The summed E-state index contributed by atoms with van der Waals surface area (Å²) in [6.45, 7) is 8.94. The van der Waals surface area contributed by atoms with Crippen molar-refractivity contribution in [2.24, 2.45) is 5.73 Å². The van der Waals surface area contributed by atoms with Crippen molar-refractivity contribution in [3.63, 3.8) is 0 Å². The van der Waals surface area contributed by atoms with Crippen LogP contribution in [0.3, 0.4) is 0 Å². The van der Waals surface area contributed by atoms with Crippen LogP contribution >= 0.6 is 0 Å². The fourth-order valence-electron chi connectivity index (χ4n) is 3.15. The summed E-state index contributed by atoms with van der Waals surface area (Å²) in [6.07, 6.45) is 3.60. The van der Waals surface area contributed by atoms with Crippen molar-refractivity contribution in [2.75, 3.05) is 7.05 Å². The number of likely N-dealkylation sites (tertiary alicyclic amines) is 1. The number of aromatic nitrogens is 1. The number of hydrogen-bond donors (Lipinski definition) is 1. The van der Waals surface area contributed by atoms with E-state index in [-0.39, 0.29) is 22.9 Å². The zero-order valence-corrected chi connectivity index (χ0v) is 13.5. The highest BCUT2D eigenvalue weighted by molar-refractivity contribution is 5.90. The summed E-state index contributed by atoms with van der Waals surface area (Å²) in [7, 11) is 2.17. The summed E-state index contributed by atoms with van der Waals surface area (Å²) in [5.41, 5.74) is 5.60. The molecule has 0 saturated carbocycles. The molecule has 2 heterocycles. The summed E-state index contributed by atoms with van der Waals surface area (Å²) < 4.78 is 6.07. The van der Waals surface area contributed by atoms with Gasteiger partial charge in [0, 0.05) is 23.9 Å². The molecule has 1 aromatic heterocycles. The monoisotopic (exact) mass is 291 g/mol. The van der Waals surface area contributed by atoms with Crippen LogP contribution in [0.1, 0.15) is 51.0 Å². The van der Waals surface area contributed by atoms with Crippen LogP contribution in [-0.2, 0) is 0 Å². The van der Waals surface area contributed by atoms with Gasteiger partial charge in [0.2, 0.25) is 0 Å². The molecule has 2 rings (SSSR count). The minimum Gasteiger partial charge on any atom is -0.489 e. The fourth-order valence-corrected chi connectivity index (χ4v) is 3.15. The SMILES string of the molecule is CN1C(C)(C)CC(Oc2ccc(C(N)=O)nc2)CC1(C)C. The number of rotatable bonds is 3. The Hall–Kier alpha value is -1.62. The first-order chi connectivity index (χ1) is 9.62. The lowest BCUT2D eigenvalue weighted by Crippen LogP contribution is -2.60. The molecule has 0 radical (unpaired) electrons. The predicted molar refractivity (Wildman–Crippen MR) is 82.3 cm³/mol. The lowest BCUT2D eigenvalue weighted by atomic mass is 9.79. The third-order valence-corrected chi connectivity index (χ3v) is 4.56. The molecule has 21 heavy (non-hydrogen) atoms. The van der Waals surface area contributed by atoms with Crippen LogP contribution in [0.2, 0.25) is 0 Å². The maximum atomic E-state index is 11.0. The Labute approximate surface area is 126 Å². The largest absolute Gasteiger partial charge is 0.489 e. The number of pyridine rings is 1. The smallest absolute Gasteiger partial charge is 0.267 e. The number of carbonyl (C=O) groups excluding carboxylic acids is 1. The van der Waals surface area contributed by atoms with Crippen LogP contribution in [0.15, 0.2) is 18.3 Å². The van der Waals surface area contributed by atoms with Crippen LogP contribution < -0.4 is 10.5 Å².